The Labute approximate surface area is 138 Å². The van der Waals surface area contributed by atoms with Crippen LogP contribution in [-0.2, 0) is 11.8 Å². The van der Waals surface area contributed by atoms with E-state index in [1.807, 2.05) is 26.1 Å². The van der Waals surface area contributed by atoms with Gasteiger partial charge in [0.15, 0.2) is 16.7 Å². The van der Waals surface area contributed by atoms with Gasteiger partial charge < -0.3 is 19.4 Å². The molecule has 7 nitrogen and oxygen atoms in total. The highest BCUT2D eigenvalue weighted by Gasteiger charge is 2.18. The van der Waals surface area contributed by atoms with Crippen molar-refractivity contribution < 1.29 is 14.3 Å². The molecule has 8 heteroatoms. The van der Waals surface area contributed by atoms with Crippen LogP contribution in [0.5, 0.6) is 11.5 Å². The predicted octanol–water partition coefficient (Wildman–Crippen LogP) is 2.10. The number of aromatic nitrogens is 3. The van der Waals surface area contributed by atoms with Crippen molar-refractivity contribution in [3.63, 3.8) is 0 Å². The van der Waals surface area contributed by atoms with Gasteiger partial charge in [0.2, 0.25) is 5.91 Å². The Bertz CT molecular complexity index is 704. The molecule has 23 heavy (non-hydrogen) atoms. The number of hydrogen-bond donors (Lipinski definition) is 1. The lowest BCUT2D eigenvalue weighted by atomic mass is 10.2. The van der Waals surface area contributed by atoms with E-state index < -0.39 is 0 Å². The Kier molecular flexibility index (Phi) is 4.71. The van der Waals surface area contributed by atoms with Crippen molar-refractivity contribution in [1.82, 2.24) is 14.8 Å². The first kappa shape index (κ1) is 15.7. The number of carbonyl (C=O) groups excluding carboxylic acids is 1. The maximum absolute atomic E-state index is 12.3. The van der Waals surface area contributed by atoms with Gasteiger partial charge in [-0.25, -0.2) is 0 Å². The topological polar surface area (TPSA) is 78.3 Å². The lowest BCUT2D eigenvalue weighted by Gasteiger charge is -2.13. The Hall–Kier alpha value is -2.22. The van der Waals surface area contributed by atoms with E-state index in [1.165, 1.54) is 11.8 Å². The van der Waals surface area contributed by atoms with Crippen molar-refractivity contribution in [1.29, 1.82) is 0 Å². The number of anilines is 1. The molecule has 1 aromatic heterocycles. The van der Waals surface area contributed by atoms with Crippen LogP contribution in [0.4, 0.5) is 5.69 Å². The fourth-order valence-corrected chi connectivity index (χ4v) is 2.87. The second-order valence-electron chi connectivity index (χ2n) is 5.19. The van der Waals surface area contributed by atoms with Crippen LogP contribution in [0.15, 0.2) is 29.7 Å². The summed E-state index contributed by atoms with van der Waals surface area (Å²) >= 11 is 1.36. The molecule has 1 aliphatic heterocycles. The molecule has 122 valence electrons. The maximum Gasteiger partial charge on any atom is 0.237 e. The first-order valence-corrected chi connectivity index (χ1v) is 8.22. The predicted molar refractivity (Wildman–Crippen MR) is 87.0 cm³/mol. The Balaban J connectivity index is 1.65. The number of nitrogens with zero attached hydrogens (tertiary/aromatic N) is 3. The molecule has 0 radical (unpaired) electrons. The largest absolute Gasteiger partial charge is 0.490 e. The number of carbonyl (C=O) groups is 1. The van der Waals surface area contributed by atoms with Gasteiger partial charge in [-0.15, -0.1) is 10.2 Å². The Morgan fingerprint density at radius 1 is 1.35 bits per heavy atom. The first-order chi connectivity index (χ1) is 11.1. The minimum absolute atomic E-state index is 0.104. The molecule has 1 aromatic carbocycles. The van der Waals surface area contributed by atoms with E-state index in [0.717, 1.165) is 6.42 Å². The summed E-state index contributed by atoms with van der Waals surface area (Å²) in [6.45, 7) is 3.09. The van der Waals surface area contributed by atoms with Crippen LogP contribution in [0, 0.1) is 0 Å². The number of hydrogen-bond acceptors (Lipinski definition) is 6. The number of aryl methyl sites for hydroxylation is 1. The fraction of sp³-hybridized carbons (Fsp3) is 0.400. The highest BCUT2D eigenvalue weighted by atomic mass is 32.2. The van der Waals surface area contributed by atoms with Crippen molar-refractivity contribution in [2.75, 3.05) is 18.5 Å². The summed E-state index contributed by atoms with van der Waals surface area (Å²) in [7, 11) is 1.84. The molecule has 1 N–H and O–H groups in total. The summed E-state index contributed by atoms with van der Waals surface area (Å²) in [5, 5.41) is 11.1. The Morgan fingerprint density at radius 3 is 2.87 bits per heavy atom. The van der Waals surface area contributed by atoms with Crippen molar-refractivity contribution in [3.8, 4) is 11.5 Å². The number of amides is 1. The minimum atomic E-state index is -0.297. The highest BCUT2D eigenvalue weighted by Crippen LogP contribution is 2.32. The van der Waals surface area contributed by atoms with Crippen molar-refractivity contribution in [2.24, 2.45) is 7.05 Å². The van der Waals surface area contributed by atoms with Gasteiger partial charge in [0.05, 0.1) is 18.5 Å². The second kappa shape index (κ2) is 6.91. The number of fused-ring (bicyclic) bond motifs is 1. The van der Waals surface area contributed by atoms with Crippen molar-refractivity contribution in [2.45, 2.75) is 23.8 Å². The standard InChI is InChI=1S/C15H18N4O3S/c1-10(23-15-18-16-9-19(15)2)14(20)17-11-4-5-12-13(8-11)22-7-3-6-21-12/h4-5,8-10H,3,6-7H2,1-2H3,(H,17,20)/t10-/m1/s1. The van der Waals surface area contributed by atoms with Gasteiger partial charge in [0.1, 0.15) is 6.33 Å². The Morgan fingerprint density at radius 2 is 2.13 bits per heavy atom. The number of nitrogens with one attached hydrogen (secondary N) is 1. The van der Waals surface area contributed by atoms with E-state index in [1.54, 1.807) is 17.0 Å². The smallest absolute Gasteiger partial charge is 0.237 e. The van der Waals surface area contributed by atoms with Crippen molar-refractivity contribution in [3.05, 3.63) is 24.5 Å². The molecule has 2 aromatic rings. The zero-order chi connectivity index (χ0) is 16.2. The summed E-state index contributed by atoms with van der Waals surface area (Å²) < 4.78 is 13.0. The van der Waals surface area contributed by atoms with E-state index in [9.17, 15) is 4.79 Å². The molecule has 0 aliphatic carbocycles. The first-order valence-electron chi connectivity index (χ1n) is 7.34. The summed E-state index contributed by atoms with van der Waals surface area (Å²) in [5.41, 5.74) is 0.685. The molecule has 0 unspecified atom stereocenters. The number of thioether (sulfide) groups is 1. The van der Waals surface area contributed by atoms with Crippen LogP contribution in [-0.4, -0.2) is 39.1 Å². The molecule has 1 atom stereocenters. The maximum atomic E-state index is 12.3. The number of ether oxygens (including phenoxy) is 2. The summed E-state index contributed by atoms with van der Waals surface area (Å²) in [6, 6.07) is 5.42. The average molecular weight is 334 g/mol. The molecular weight excluding hydrogens is 316 g/mol. The van der Waals surface area contributed by atoms with Gasteiger partial charge in [-0.05, 0) is 19.1 Å². The molecule has 1 aliphatic rings. The van der Waals surface area contributed by atoms with Crippen LogP contribution in [0.2, 0.25) is 0 Å². The van der Waals surface area contributed by atoms with Crippen LogP contribution < -0.4 is 14.8 Å². The molecule has 0 fully saturated rings. The lowest BCUT2D eigenvalue weighted by Crippen LogP contribution is -2.22. The quantitative estimate of drug-likeness (QED) is 0.863. The molecule has 2 heterocycles. The van der Waals surface area contributed by atoms with Crippen molar-refractivity contribution >= 4 is 23.4 Å². The summed E-state index contributed by atoms with van der Waals surface area (Å²) in [6.07, 6.45) is 2.46. The zero-order valence-electron chi connectivity index (χ0n) is 13.0. The molecular formula is C15H18N4O3S. The van der Waals surface area contributed by atoms with E-state index >= 15 is 0 Å². The zero-order valence-corrected chi connectivity index (χ0v) is 13.8. The highest BCUT2D eigenvalue weighted by molar-refractivity contribution is 8.00. The van der Waals surface area contributed by atoms with E-state index in [0.29, 0.717) is 35.6 Å². The third kappa shape index (κ3) is 3.76. The summed E-state index contributed by atoms with van der Waals surface area (Å²) in [4.78, 5) is 12.3. The number of rotatable bonds is 4. The van der Waals surface area contributed by atoms with Gasteiger partial charge in [-0.2, -0.15) is 0 Å². The normalized spacial score (nSPS) is 14.9. The third-order valence-electron chi connectivity index (χ3n) is 3.34. The molecule has 0 saturated carbocycles. The monoisotopic (exact) mass is 334 g/mol. The van der Waals surface area contributed by atoms with Crippen LogP contribution in [0.1, 0.15) is 13.3 Å². The van der Waals surface area contributed by atoms with Crippen LogP contribution in [0.25, 0.3) is 0 Å². The molecule has 1 amide bonds. The minimum Gasteiger partial charge on any atom is -0.490 e. The van der Waals surface area contributed by atoms with Gasteiger partial charge >= 0.3 is 0 Å². The van der Waals surface area contributed by atoms with Gasteiger partial charge in [-0.1, -0.05) is 11.8 Å². The van der Waals surface area contributed by atoms with Crippen LogP contribution in [0.3, 0.4) is 0 Å². The molecule has 0 saturated heterocycles. The van der Waals surface area contributed by atoms with E-state index in [4.69, 9.17) is 9.47 Å². The second-order valence-corrected chi connectivity index (χ2v) is 6.49. The van der Waals surface area contributed by atoms with Gasteiger partial charge in [-0.3, -0.25) is 4.79 Å². The molecule has 3 rings (SSSR count). The van der Waals surface area contributed by atoms with Crippen LogP contribution >= 0.6 is 11.8 Å². The van der Waals surface area contributed by atoms with Gasteiger partial charge in [0.25, 0.3) is 0 Å². The number of benzene rings is 1. The third-order valence-corrected chi connectivity index (χ3v) is 4.48. The van der Waals surface area contributed by atoms with E-state index in [2.05, 4.69) is 15.5 Å². The summed E-state index contributed by atoms with van der Waals surface area (Å²) in [5.74, 6) is 1.27. The average Bonchev–Trinajstić information content (AvgIpc) is 2.80. The lowest BCUT2D eigenvalue weighted by molar-refractivity contribution is -0.115. The fourth-order valence-electron chi connectivity index (χ4n) is 2.08. The van der Waals surface area contributed by atoms with E-state index in [-0.39, 0.29) is 11.2 Å². The SMILES string of the molecule is C[C@@H](Sc1nncn1C)C(=O)Nc1ccc2c(c1)OCCCO2. The molecule has 0 bridgehead atoms. The van der Waals surface area contributed by atoms with Gasteiger partial charge in [0, 0.05) is 25.2 Å². The molecule has 0 spiro atoms.